The Morgan fingerprint density at radius 3 is 2.34 bits per heavy atom. The molecule has 0 unspecified atom stereocenters. The van der Waals surface area contributed by atoms with Crippen molar-refractivity contribution >= 4 is 17.4 Å². The second-order valence-electron chi connectivity index (χ2n) is 8.22. The number of benzene rings is 2. The maximum Gasteiger partial charge on any atom is 0.295 e. The van der Waals surface area contributed by atoms with Crippen LogP contribution in [0, 0.1) is 12.7 Å². The van der Waals surface area contributed by atoms with E-state index in [1.54, 1.807) is 24.3 Å². The highest BCUT2D eigenvalue weighted by atomic mass is 19.1. The summed E-state index contributed by atoms with van der Waals surface area (Å²) in [5.41, 5.74) is 2.11. The van der Waals surface area contributed by atoms with Gasteiger partial charge in [0, 0.05) is 31.7 Å². The quantitative estimate of drug-likeness (QED) is 0.426. The molecule has 2 heterocycles. The Kier molecular flexibility index (Phi) is 6.67. The summed E-state index contributed by atoms with van der Waals surface area (Å²) in [5, 5.41) is 11.0. The molecule has 4 rings (SSSR count). The van der Waals surface area contributed by atoms with Crippen LogP contribution >= 0.6 is 0 Å². The predicted molar refractivity (Wildman–Crippen MR) is 118 cm³/mol. The number of carbonyl (C=O) groups excluding carboxylic acids is 2. The molecule has 0 aliphatic carbocycles. The Balaban J connectivity index is 1.66. The van der Waals surface area contributed by atoms with Gasteiger partial charge in [-0.25, -0.2) is 4.39 Å². The Hall–Kier alpha value is -3.03. The van der Waals surface area contributed by atoms with Gasteiger partial charge in [-0.2, -0.15) is 0 Å². The second-order valence-corrected chi connectivity index (χ2v) is 8.22. The number of ether oxygens (including phenoxy) is 1. The Bertz CT molecular complexity index is 1010. The number of carbonyl (C=O) groups is 2. The van der Waals surface area contributed by atoms with E-state index in [1.807, 2.05) is 19.1 Å². The average Bonchev–Trinajstić information content (AvgIpc) is 3.05. The van der Waals surface area contributed by atoms with Crippen LogP contribution in [-0.4, -0.2) is 66.0 Å². The molecule has 6 nitrogen and oxygen atoms in total. The number of Topliss-reactive ketones (excluding diaryl/α,β-unsaturated/α-hetero) is 1. The van der Waals surface area contributed by atoms with E-state index >= 15 is 0 Å². The molecule has 168 valence electrons. The van der Waals surface area contributed by atoms with Crippen LogP contribution in [0.4, 0.5) is 4.39 Å². The van der Waals surface area contributed by atoms with Crippen LogP contribution in [0.1, 0.15) is 29.2 Å². The van der Waals surface area contributed by atoms with Crippen molar-refractivity contribution in [2.24, 2.45) is 0 Å². The van der Waals surface area contributed by atoms with Gasteiger partial charge in [0.2, 0.25) is 0 Å². The molecule has 0 radical (unpaired) electrons. The first-order chi connectivity index (χ1) is 15.5. The lowest BCUT2D eigenvalue weighted by molar-refractivity contribution is -0.140. The number of halogens is 1. The van der Waals surface area contributed by atoms with Crippen molar-refractivity contribution in [1.29, 1.82) is 0 Å². The molecule has 2 aromatic rings. The van der Waals surface area contributed by atoms with Gasteiger partial charge < -0.3 is 14.7 Å². The Morgan fingerprint density at radius 2 is 1.69 bits per heavy atom. The minimum absolute atomic E-state index is 0.0387. The smallest absolute Gasteiger partial charge is 0.295 e. The van der Waals surface area contributed by atoms with Crippen LogP contribution < -0.4 is 0 Å². The molecular weight excluding hydrogens is 411 g/mol. The van der Waals surface area contributed by atoms with Crippen molar-refractivity contribution in [2.75, 3.05) is 39.4 Å². The highest BCUT2D eigenvalue weighted by Gasteiger charge is 2.45. The maximum absolute atomic E-state index is 13.6. The Morgan fingerprint density at radius 1 is 1.03 bits per heavy atom. The third-order valence-electron chi connectivity index (χ3n) is 6.03. The predicted octanol–water partition coefficient (Wildman–Crippen LogP) is 3.28. The van der Waals surface area contributed by atoms with Crippen LogP contribution in [-0.2, 0) is 14.3 Å². The van der Waals surface area contributed by atoms with Crippen molar-refractivity contribution < 1.29 is 23.8 Å². The van der Waals surface area contributed by atoms with Crippen molar-refractivity contribution in [1.82, 2.24) is 9.80 Å². The summed E-state index contributed by atoms with van der Waals surface area (Å²) in [5.74, 6) is -1.98. The Labute approximate surface area is 186 Å². The van der Waals surface area contributed by atoms with E-state index in [9.17, 15) is 19.1 Å². The van der Waals surface area contributed by atoms with Crippen molar-refractivity contribution in [2.45, 2.75) is 19.4 Å². The molecule has 0 bridgehead atoms. The number of aryl methyl sites for hydroxylation is 1. The largest absolute Gasteiger partial charge is 0.507 e. The first kappa shape index (κ1) is 22.2. The third-order valence-corrected chi connectivity index (χ3v) is 6.03. The number of hydrogen-bond acceptors (Lipinski definition) is 5. The number of amides is 1. The molecule has 32 heavy (non-hydrogen) atoms. The van der Waals surface area contributed by atoms with Crippen LogP contribution in [0.25, 0.3) is 5.76 Å². The molecule has 1 N–H and O–H groups in total. The molecule has 0 aromatic heterocycles. The van der Waals surface area contributed by atoms with Gasteiger partial charge >= 0.3 is 0 Å². The van der Waals surface area contributed by atoms with Gasteiger partial charge in [-0.1, -0.05) is 42.0 Å². The lowest BCUT2D eigenvalue weighted by atomic mass is 9.95. The summed E-state index contributed by atoms with van der Waals surface area (Å²) in [4.78, 5) is 29.7. The van der Waals surface area contributed by atoms with Crippen molar-refractivity contribution in [3.05, 3.63) is 76.6 Å². The molecule has 0 saturated carbocycles. The fourth-order valence-corrected chi connectivity index (χ4v) is 4.26. The lowest BCUT2D eigenvalue weighted by Gasteiger charge is -2.29. The topological polar surface area (TPSA) is 70.1 Å². The van der Waals surface area contributed by atoms with Gasteiger partial charge in [0.1, 0.15) is 11.6 Å². The van der Waals surface area contributed by atoms with Crippen molar-refractivity contribution in [3.8, 4) is 0 Å². The lowest BCUT2D eigenvalue weighted by Crippen LogP contribution is -2.38. The van der Waals surface area contributed by atoms with Gasteiger partial charge in [-0.3, -0.25) is 14.5 Å². The number of likely N-dealkylation sites (tertiary alicyclic amines) is 1. The number of morpholine rings is 1. The molecule has 2 saturated heterocycles. The number of hydrogen-bond donors (Lipinski definition) is 1. The fourth-order valence-electron chi connectivity index (χ4n) is 4.26. The van der Waals surface area contributed by atoms with E-state index in [1.165, 1.54) is 17.0 Å². The van der Waals surface area contributed by atoms with E-state index in [2.05, 4.69) is 4.90 Å². The first-order valence-electron chi connectivity index (χ1n) is 10.9. The minimum atomic E-state index is -0.762. The molecule has 2 fully saturated rings. The van der Waals surface area contributed by atoms with E-state index < -0.39 is 23.5 Å². The molecule has 2 aliphatic rings. The van der Waals surface area contributed by atoms with E-state index in [0.717, 1.165) is 25.2 Å². The summed E-state index contributed by atoms with van der Waals surface area (Å²) >= 11 is 0. The fraction of sp³-hybridized carbons (Fsp3) is 0.360. The number of ketones is 1. The van der Waals surface area contributed by atoms with Gasteiger partial charge in [-0.05, 0) is 31.0 Å². The van der Waals surface area contributed by atoms with Gasteiger partial charge in [-0.15, -0.1) is 0 Å². The average molecular weight is 438 g/mol. The maximum atomic E-state index is 13.6. The molecule has 7 heteroatoms. The summed E-state index contributed by atoms with van der Waals surface area (Å²) in [6.45, 7) is 6.12. The highest BCUT2D eigenvalue weighted by molar-refractivity contribution is 6.46. The second kappa shape index (κ2) is 9.63. The summed E-state index contributed by atoms with van der Waals surface area (Å²) < 4.78 is 18.9. The molecule has 2 aliphatic heterocycles. The summed E-state index contributed by atoms with van der Waals surface area (Å²) in [6, 6.07) is 12.1. The zero-order chi connectivity index (χ0) is 22.7. The number of nitrogens with zero attached hydrogens (tertiary/aromatic N) is 2. The minimum Gasteiger partial charge on any atom is -0.507 e. The zero-order valence-electron chi connectivity index (χ0n) is 18.1. The number of aliphatic hydroxyl groups is 1. The third kappa shape index (κ3) is 4.59. The monoisotopic (exact) mass is 438 g/mol. The molecule has 0 spiro atoms. The number of aliphatic hydroxyl groups excluding tert-OH is 1. The summed E-state index contributed by atoms with van der Waals surface area (Å²) in [7, 11) is 0. The van der Waals surface area contributed by atoms with Gasteiger partial charge in [0.05, 0.1) is 24.8 Å². The van der Waals surface area contributed by atoms with Gasteiger partial charge in [0.25, 0.3) is 11.7 Å². The van der Waals surface area contributed by atoms with E-state index in [0.29, 0.717) is 37.3 Å². The summed E-state index contributed by atoms with van der Waals surface area (Å²) in [6.07, 6.45) is 0.676. The first-order valence-corrected chi connectivity index (χ1v) is 10.9. The molecule has 2 aromatic carbocycles. The van der Waals surface area contributed by atoms with Crippen molar-refractivity contribution in [3.63, 3.8) is 0 Å². The standard InChI is InChI=1S/C25H27FN2O4/c1-17-3-5-19(6-4-17)23(29)21-22(18-7-9-20(26)10-8-18)28(25(31)24(21)30)12-2-11-27-13-15-32-16-14-27/h3-10,22,29H,2,11-16H2,1H3/t22-/m0/s1. The van der Waals surface area contributed by atoms with Crippen LogP contribution in [0.5, 0.6) is 0 Å². The van der Waals surface area contributed by atoms with Crippen LogP contribution in [0.15, 0.2) is 54.1 Å². The number of rotatable bonds is 6. The van der Waals surface area contributed by atoms with E-state index in [4.69, 9.17) is 4.74 Å². The van der Waals surface area contributed by atoms with Crippen LogP contribution in [0.3, 0.4) is 0 Å². The SMILES string of the molecule is Cc1ccc(C(O)=C2C(=O)C(=O)N(CCCN3CCOCC3)[C@H]2c2ccc(F)cc2)cc1. The zero-order valence-corrected chi connectivity index (χ0v) is 18.1. The van der Waals surface area contributed by atoms with Gasteiger partial charge in [0.15, 0.2) is 0 Å². The molecular formula is C25H27FN2O4. The molecule has 1 amide bonds. The normalized spacial score (nSPS) is 21.3. The molecule has 1 atom stereocenters. The van der Waals surface area contributed by atoms with Crippen LogP contribution in [0.2, 0.25) is 0 Å². The highest BCUT2D eigenvalue weighted by Crippen LogP contribution is 2.39. The van der Waals surface area contributed by atoms with E-state index in [-0.39, 0.29) is 11.3 Å².